The van der Waals surface area contributed by atoms with E-state index in [-0.39, 0.29) is 17.6 Å². The van der Waals surface area contributed by atoms with E-state index in [1.165, 1.54) is 35.6 Å². The Labute approximate surface area is 137 Å². The molecule has 0 saturated carbocycles. The summed E-state index contributed by atoms with van der Waals surface area (Å²) in [5, 5.41) is 2.85. The van der Waals surface area contributed by atoms with Crippen molar-refractivity contribution in [3.8, 4) is 0 Å². The summed E-state index contributed by atoms with van der Waals surface area (Å²) in [6, 6.07) is 7.30. The smallest absolute Gasteiger partial charge is 0.261 e. The van der Waals surface area contributed by atoms with Gasteiger partial charge in [-0.05, 0) is 36.8 Å². The topological polar surface area (TPSA) is 49.4 Å². The van der Waals surface area contributed by atoms with Gasteiger partial charge in [-0.1, -0.05) is 6.92 Å². The van der Waals surface area contributed by atoms with E-state index in [1.807, 2.05) is 6.92 Å². The van der Waals surface area contributed by atoms with Crippen molar-refractivity contribution in [2.45, 2.75) is 19.8 Å². The van der Waals surface area contributed by atoms with Crippen LogP contribution in [-0.4, -0.2) is 24.9 Å². The first-order valence-corrected chi connectivity index (χ1v) is 8.40. The first-order chi connectivity index (χ1) is 11.1. The lowest BCUT2D eigenvalue weighted by Gasteiger charge is -2.16. The monoisotopic (exact) mass is 332 g/mol. The maximum absolute atomic E-state index is 13.0. The zero-order valence-electron chi connectivity index (χ0n) is 12.8. The highest BCUT2D eigenvalue weighted by molar-refractivity contribution is 7.14. The molecule has 1 aliphatic rings. The van der Waals surface area contributed by atoms with E-state index in [0.29, 0.717) is 23.5 Å². The van der Waals surface area contributed by atoms with Crippen molar-refractivity contribution < 1.29 is 14.0 Å². The number of benzene rings is 1. The molecule has 6 heteroatoms. The van der Waals surface area contributed by atoms with Crippen LogP contribution in [0.5, 0.6) is 0 Å². The molecule has 0 bridgehead atoms. The molecule has 2 aromatic rings. The molecule has 120 valence electrons. The Morgan fingerprint density at radius 3 is 2.74 bits per heavy atom. The third-order valence-corrected chi connectivity index (χ3v) is 4.92. The molecule has 0 saturated heterocycles. The molecule has 1 aromatic heterocycles. The largest absolute Gasteiger partial charge is 0.351 e. The van der Waals surface area contributed by atoms with Gasteiger partial charge in [0.15, 0.2) is 0 Å². The van der Waals surface area contributed by atoms with E-state index in [1.54, 1.807) is 11.0 Å². The van der Waals surface area contributed by atoms with Crippen molar-refractivity contribution in [1.82, 2.24) is 5.32 Å². The Hall–Kier alpha value is -2.21. The highest BCUT2D eigenvalue weighted by Crippen LogP contribution is 2.36. The molecule has 0 spiro atoms. The average molecular weight is 332 g/mol. The summed E-state index contributed by atoms with van der Waals surface area (Å²) in [6.07, 6.45) is 1.62. The number of nitrogens with zero attached hydrogens (tertiary/aromatic N) is 1. The second-order valence-electron chi connectivity index (χ2n) is 5.39. The molecule has 0 fully saturated rings. The van der Waals surface area contributed by atoms with Gasteiger partial charge in [-0.2, -0.15) is 0 Å². The van der Waals surface area contributed by atoms with E-state index in [9.17, 15) is 14.0 Å². The van der Waals surface area contributed by atoms with Crippen molar-refractivity contribution >= 4 is 28.8 Å². The van der Waals surface area contributed by atoms with Gasteiger partial charge in [0.1, 0.15) is 5.82 Å². The van der Waals surface area contributed by atoms with E-state index in [2.05, 4.69) is 5.32 Å². The van der Waals surface area contributed by atoms with E-state index >= 15 is 0 Å². The molecule has 0 radical (unpaired) electrons. The molecule has 23 heavy (non-hydrogen) atoms. The fourth-order valence-electron chi connectivity index (χ4n) is 2.56. The number of halogens is 1. The van der Waals surface area contributed by atoms with Gasteiger partial charge in [-0.15, -0.1) is 11.3 Å². The van der Waals surface area contributed by atoms with Gasteiger partial charge >= 0.3 is 0 Å². The zero-order chi connectivity index (χ0) is 16.4. The molecule has 2 heterocycles. The lowest BCUT2D eigenvalue weighted by atomic mass is 10.2. The zero-order valence-corrected chi connectivity index (χ0v) is 13.6. The number of thiophene rings is 1. The number of carbonyl (C=O) groups is 2. The molecule has 1 aliphatic heterocycles. The fourth-order valence-corrected chi connectivity index (χ4v) is 3.63. The first-order valence-electron chi connectivity index (χ1n) is 7.58. The predicted octanol–water partition coefficient (Wildman–Crippen LogP) is 3.23. The number of hydrogen-bond donors (Lipinski definition) is 1. The van der Waals surface area contributed by atoms with Gasteiger partial charge in [-0.25, -0.2) is 4.39 Å². The van der Waals surface area contributed by atoms with Crippen LogP contribution in [0.25, 0.3) is 0 Å². The van der Waals surface area contributed by atoms with Crippen LogP contribution >= 0.6 is 11.3 Å². The quantitative estimate of drug-likeness (QED) is 0.934. The summed E-state index contributed by atoms with van der Waals surface area (Å²) in [4.78, 5) is 28.0. The number of carbonyl (C=O) groups excluding carboxylic acids is 2. The number of fused-ring (bicyclic) bond motifs is 1. The first kappa shape index (κ1) is 15.7. The molecule has 0 aliphatic carbocycles. The molecule has 2 amide bonds. The van der Waals surface area contributed by atoms with Gasteiger partial charge in [0.2, 0.25) is 0 Å². The van der Waals surface area contributed by atoms with Gasteiger partial charge in [0.25, 0.3) is 11.8 Å². The third kappa shape index (κ3) is 3.12. The van der Waals surface area contributed by atoms with Crippen LogP contribution in [0.3, 0.4) is 0 Å². The van der Waals surface area contributed by atoms with E-state index in [0.717, 1.165) is 23.4 Å². The van der Waals surface area contributed by atoms with Crippen molar-refractivity contribution in [2.24, 2.45) is 0 Å². The van der Waals surface area contributed by atoms with Crippen molar-refractivity contribution in [1.29, 1.82) is 0 Å². The number of nitrogens with one attached hydrogen (secondary N) is 1. The fraction of sp³-hybridized carbons (Fsp3) is 0.294. The van der Waals surface area contributed by atoms with E-state index in [4.69, 9.17) is 0 Å². The van der Waals surface area contributed by atoms with Crippen molar-refractivity contribution in [3.05, 3.63) is 51.5 Å². The summed E-state index contributed by atoms with van der Waals surface area (Å²) in [6.45, 7) is 3.23. The van der Waals surface area contributed by atoms with Gasteiger partial charge < -0.3 is 10.2 Å². The molecule has 4 nitrogen and oxygen atoms in total. The van der Waals surface area contributed by atoms with Crippen LogP contribution in [0.1, 0.15) is 38.3 Å². The summed E-state index contributed by atoms with van der Waals surface area (Å²) in [5.41, 5.74) is 1.24. The molecule has 0 atom stereocenters. The van der Waals surface area contributed by atoms with Gasteiger partial charge in [-0.3, -0.25) is 9.59 Å². The van der Waals surface area contributed by atoms with Crippen LogP contribution < -0.4 is 10.2 Å². The summed E-state index contributed by atoms with van der Waals surface area (Å²) >= 11 is 1.43. The van der Waals surface area contributed by atoms with Crippen LogP contribution in [0.2, 0.25) is 0 Å². The lowest BCUT2D eigenvalue weighted by molar-refractivity contribution is 0.0954. The number of anilines is 1. The highest BCUT2D eigenvalue weighted by Gasteiger charge is 2.29. The standard InChI is InChI=1S/C17H17FN2O2S/c1-2-8-19-16(21)15-10-13-14(23-15)7-9-20(13)17(22)11-3-5-12(18)6-4-11/h3-6,10H,2,7-9H2,1H3,(H,19,21). The minimum absolute atomic E-state index is 0.0968. The molecule has 1 aromatic carbocycles. The maximum atomic E-state index is 13.0. The molecular formula is C17H17FN2O2S. The summed E-state index contributed by atoms with van der Waals surface area (Å²) in [5.74, 6) is -0.628. The Bertz CT molecular complexity index is 740. The van der Waals surface area contributed by atoms with Crippen LogP contribution in [0.4, 0.5) is 10.1 Å². The molecule has 3 rings (SSSR count). The number of amides is 2. The Morgan fingerprint density at radius 1 is 1.30 bits per heavy atom. The Balaban J connectivity index is 1.81. The maximum Gasteiger partial charge on any atom is 0.261 e. The summed E-state index contributed by atoms with van der Waals surface area (Å²) < 4.78 is 13.0. The summed E-state index contributed by atoms with van der Waals surface area (Å²) in [7, 11) is 0. The SMILES string of the molecule is CCCNC(=O)c1cc2c(s1)CCN2C(=O)c1ccc(F)cc1. The molecule has 1 N–H and O–H groups in total. The highest BCUT2D eigenvalue weighted by atomic mass is 32.1. The minimum atomic E-state index is -0.367. The van der Waals surface area contributed by atoms with Crippen LogP contribution in [-0.2, 0) is 6.42 Å². The van der Waals surface area contributed by atoms with Gasteiger partial charge in [0.05, 0.1) is 10.6 Å². The predicted molar refractivity (Wildman–Crippen MR) is 88.7 cm³/mol. The molecular weight excluding hydrogens is 315 g/mol. The van der Waals surface area contributed by atoms with Crippen molar-refractivity contribution in [2.75, 3.05) is 18.0 Å². The average Bonchev–Trinajstić information content (AvgIpc) is 3.13. The van der Waals surface area contributed by atoms with Crippen LogP contribution in [0.15, 0.2) is 30.3 Å². The minimum Gasteiger partial charge on any atom is -0.351 e. The Kier molecular flexibility index (Phi) is 4.43. The Morgan fingerprint density at radius 2 is 2.04 bits per heavy atom. The lowest BCUT2D eigenvalue weighted by Crippen LogP contribution is -2.29. The second kappa shape index (κ2) is 6.50. The second-order valence-corrected chi connectivity index (χ2v) is 6.53. The van der Waals surface area contributed by atoms with E-state index < -0.39 is 0 Å². The third-order valence-electron chi connectivity index (χ3n) is 3.74. The number of hydrogen-bond acceptors (Lipinski definition) is 3. The van der Waals surface area contributed by atoms with Gasteiger partial charge in [0, 0.05) is 30.0 Å². The van der Waals surface area contributed by atoms with Crippen LogP contribution in [0, 0.1) is 5.82 Å². The van der Waals surface area contributed by atoms with Crippen molar-refractivity contribution in [3.63, 3.8) is 0 Å². The normalized spacial score (nSPS) is 13.0. The number of rotatable bonds is 4. The molecule has 0 unspecified atom stereocenters.